The Morgan fingerprint density at radius 3 is 2.61 bits per heavy atom. The molecule has 1 saturated heterocycles. The Kier molecular flexibility index (Phi) is 9.19. The topological polar surface area (TPSA) is 111 Å². The number of allylic oxidation sites excluding steroid dienone is 1. The van der Waals surface area contributed by atoms with Crippen LogP contribution in [-0.4, -0.2) is 72.2 Å². The first kappa shape index (κ1) is 28.2. The van der Waals surface area contributed by atoms with E-state index in [0.29, 0.717) is 19.3 Å². The highest BCUT2D eigenvalue weighted by Gasteiger charge is 2.62. The summed E-state index contributed by atoms with van der Waals surface area (Å²) in [5.41, 5.74) is -1.74. The number of nitrogens with zero attached hydrogens (tertiary/aromatic N) is 1. The van der Waals surface area contributed by atoms with Gasteiger partial charge in [0.25, 0.3) is 0 Å². The van der Waals surface area contributed by atoms with Crippen LogP contribution in [0.4, 0.5) is 0 Å². The highest BCUT2D eigenvalue weighted by molar-refractivity contribution is 5.96. The van der Waals surface area contributed by atoms with E-state index in [4.69, 9.17) is 14.2 Å². The predicted octanol–water partition coefficient (Wildman–Crippen LogP) is 2.91. The van der Waals surface area contributed by atoms with E-state index in [1.54, 1.807) is 34.8 Å². The molecule has 0 spiro atoms. The first-order chi connectivity index (χ1) is 17.0. The fourth-order valence-electron chi connectivity index (χ4n) is 5.19. The van der Waals surface area contributed by atoms with Gasteiger partial charge in [0.2, 0.25) is 11.8 Å². The van der Waals surface area contributed by atoms with E-state index in [2.05, 4.69) is 11.4 Å². The zero-order valence-electron chi connectivity index (χ0n) is 22.3. The molecule has 0 aromatic heterocycles. The van der Waals surface area contributed by atoms with E-state index in [1.807, 2.05) is 6.08 Å². The van der Waals surface area contributed by atoms with E-state index in [-0.39, 0.29) is 37.5 Å². The van der Waals surface area contributed by atoms with Crippen molar-refractivity contribution in [3.8, 4) is 0 Å². The number of methoxy groups -OCH3 is 1. The predicted molar refractivity (Wildman–Crippen MR) is 133 cm³/mol. The Morgan fingerprint density at radius 2 is 1.94 bits per heavy atom. The van der Waals surface area contributed by atoms with Gasteiger partial charge in [0.1, 0.15) is 17.2 Å². The molecule has 0 radical (unpaired) electrons. The minimum absolute atomic E-state index is 0.0344. The lowest BCUT2D eigenvalue weighted by atomic mass is 9.95. The molecule has 9 nitrogen and oxygen atoms in total. The summed E-state index contributed by atoms with van der Waals surface area (Å²) in [5, 5.41) is 2.94. The molecule has 2 heterocycles. The van der Waals surface area contributed by atoms with E-state index >= 15 is 0 Å². The number of hydrogen-bond donors (Lipinski definition) is 1. The summed E-state index contributed by atoms with van der Waals surface area (Å²) in [6.07, 6.45) is 8.55. The SMILES string of the molecule is CCOC(=O)[C@@]12C[C@H]1/C=C\CCCCC[C@H](CC(=O)OC(C)(C)C)C(=O)N1C[C@H](OC)C[C@H]1C(=O)N2. The van der Waals surface area contributed by atoms with Crippen LogP contribution in [-0.2, 0) is 33.4 Å². The number of carbonyl (C=O) groups excluding carboxylic acids is 4. The Hall–Kier alpha value is -2.42. The molecule has 3 aliphatic rings. The number of carbonyl (C=O) groups is 4. The molecule has 36 heavy (non-hydrogen) atoms. The maximum atomic E-state index is 13.8. The highest BCUT2D eigenvalue weighted by Crippen LogP contribution is 2.46. The van der Waals surface area contributed by atoms with Gasteiger partial charge in [-0.05, 0) is 53.4 Å². The first-order valence-corrected chi connectivity index (χ1v) is 13.2. The quantitative estimate of drug-likeness (QED) is 0.451. The van der Waals surface area contributed by atoms with Crippen LogP contribution in [0.2, 0.25) is 0 Å². The average Bonchev–Trinajstić information content (AvgIpc) is 3.31. The maximum absolute atomic E-state index is 13.8. The molecule has 202 valence electrons. The molecule has 1 aliphatic carbocycles. The van der Waals surface area contributed by atoms with E-state index in [0.717, 1.165) is 25.7 Å². The Morgan fingerprint density at radius 1 is 1.19 bits per heavy atom. The van der Waals surface area contributed by atoms with Gasteiger partial charge in [-0.25, -0.2) is 4.79 Å². The molecule has 5 atom stereocenters. The lowest BCUT2D eigenvalue weighted by Crippen LogP contribution is -2.54. The van der Waals surface area contributed by atoms with E-state index < -0.39 is 40.9 Å². The number of fused-ring (bicyclic) bond motifs is 2. The van der Waals surface area contributed by atoms with Gasteiger partial charge in [-0.3, -0.25) is 14.4 Å². The van der Waals surface area contributed by atoms with Gasteiger partial charge in [-0.1, -0.05) is 25.0 Å². The van der Waals surface area contributed by atoms with Crippen molar-refractivity contribution < 1.29 is 33.4 Å². The second-order valence-corrected chi connectivity index (χ2v) is 11.1. The van der Waals surface area contributed by atoms with Crippen LogP contribution in [0.5, 0.6) is 0 Å². The molecular formula is C27H42N2O7. The summed E-state index contributed by atoms with van der Waals surface area (Å²) in [4.78, 5) is 54.3. The molecular weight excluding hydrogens is 464 g/mol. The molecule has 1 N–H and O–H groups in total. The van der Waals surface area contributed by atoms with Crippen molar-refractivity contribution in [2.24, 2.45) is 11.8 Å². The van der Waals surface area contributed by atoms with Gasteiger partial charge in [0, 0.05) is 31.9 Å². The number of ether oxygens (including phenoxy) is 3. The lowest BCUT2D eigenvalue weighted by Gasteiger charge is -2.29. The molecule has 2 aliphatic heterocycles. The van der Waals surface area contributed by atoms with Crippen LogP contribution in [0, 0.1) is 11.8 Å². The third-order valence-electron chi connectivity index (χ3n) is 7.16. The molecule has 0 aromatic rings. The lowest BCUT2D eigenvalue weighted by molar-refractivity contribution is -0.159. The summed E-state index contributed by atoms with van der Waals surface area (Å²) in [5.74, 6) is -2.22. The second kappa shape index (κ2) is 11.8. The van der Waals surface area contributed by atoms with Crippen LogP contribution in [0.1, 0.15) is 79.1 Å². The molecule has 0 aromatic carbocycles. The third kappa shape index (κ3) is 6.87. The highest BCUT2D eigenvalue weighted by atomic mass is 16.6. The van der Waals surface area contributed by atoms with Crippen molar-refractivity contribution in [1.82, 2.24) is 10.2 Å². The van der Waals surface area contributed by atoms with Crippen molar-refractivity contribution in [1.29, 1.82) is 0 Å². The van der Waals surface area contributed by atoms with Crippen LogP contribution in [0.3, 0.4) is 0 Å². The molecule has 1 saturated carbocycles. The third-order valence-corrected chi connectivity index (χ3v) is 7.16. The minimum atomic E-state index is -1.10. The molecule has 2 amide bonds. The zero-order valence-corrected chi connectivity index (χ0v) is 22.3. The van der Waals surface area contributed by atoms with E-state index in [9.17, 15) is 19.2 Å². The van der Waals surface area contributed by atoms with Gasteiger partial charge in [0.05, 0.1) is 19.1 Å². The standard InChI is InChI=1S/C27H42N2O7/c1-6-35-25(33)27-16-19(27)13-11-9-7-8-10-12-18(14-22(30)36-26(2,3)4)24(32)29-17-20(34-5)15-21(29)23(31)28-27/h11,13,18-21H,6-10,12,14-17H2,1-5H3,(H,28,31)/b13-11-/t18-,19-,20-,21+,27-/m1/s1. The maximum Gasteiger partial charge on any atom is 0.332 e. The normalized spacial score (nSPS) is 32.3. The van der Waals surface area contributed by atoms with Crippen LogP contribution in [0.15, 0.2) is 12.2 Å². The van der Waals surface area contributed by atoms with E-state index in [1.165, 1.54) is 4.90 Å². The molecule has 9 heteroatoms. The van der Waals surface area contributed by atoms with Gasteiger partial charge < -0.3 is 24.4 Å². The number of esters is 2. The number of hydrogen-bond acceptors (Lipinski definition) is 7. The smallest absolute Gasteiger partial charge is 0.332 e. The zero-order chi connectivity index (χ0) is 26.5. The van der Waals surface area contributed by atoms with Crippen LogP contribution >= 0.6 is 0 Å². The Labute approximate surface area is 214 Å². The summed E-state index contributed by atoms with van der Waals surface area (Å²) in [7, 11) is 1.56. The van der Waals surface area contributed by atoms with Gasteiger partial charge >= 0.3 is 11.9 Å². The summed E-state index contributed by atoms with van der Waals surface area (Å²) in [6.45, 7) is 7.61. The molecule has 3 rings (SSSR count). The van der Waals surface area contributed by atoms with Crippen LogP contribution in [0.25, 0.3) is 0 Å². The summed E-state index contributed by atoms with van der Waals surface area (Å²) in [6, 6.07) is -0.787. The number of amides is 2. The van der Waals surface area contributed by atoms with Gasteiger partial charge in [0.15, 0.2) is 0 Å². The monoisotopic (exact) mass is 506 g/mol. The summed E-state index contributed by atoms with van der Waals surface area (Å²) >= 11 is 0. The first-order valence-electron chi connectivity index (χ1n) is 13.2. The van der Waals surface area contributed by atoms with Crippen molar-refractivity contribution in [2.75, 3.05) is 20.3 Å². The molecule has 2 fully saturated rings. The number of nitrogens with one attached hydrogen (secondary N) is 1. The van der Waals surface area contributed by atoms with Crippen molar-refractivity contribution in [2.45, 2.75) is 102 Å². The Bertz CT molecular complexity index is 865. The van der Waals surface area contributed by atoms with Gasteiger partial charge in [-0.2, -0.15) is 0 Å². The fraction of sp³-hybridized carbons (Fsp3) is 0.778. The second-order valence-electron chi connectivity index (χ2n) is 11.1. The van der Waals surface area contributed by atoms with Crippen molar-refractivity contribution in [3.05, 3.63) is 12.2 Å². The minimum Gasteiger partial charge on any atom is -0.464 e. The average molecular weight is 507 g/mol. The molecule has 0 unspecified atom stereocenters. The fourth-order valence-corrected chi connectivity index (χ4v) is 5.19. The molecule has 0 bridgehead atoms. The van der Waals surface area contributed by atoms with Crippen molar-refractivity contribution in [3.63, 3.8) is 0 Å². The number of rotatable bonds is 5. The summed E-state index contributed by atoms with van der Waals surface area (Å²) < 4.78 is 16.3. The van der Waals surface area contributed by atoms with Crippen molar-refractivity contribution >= 4 is 23.8 Å². The largest absolute Gasteiger partial charge is 0.464 e. The Balaban J connectivity index is 1.86. The van der Waals surface area contributed by atoms with Gasteiger partial charge in [-0.15, -0.1) is 0 Å². The van der Waals surface area contributed by atoms with Crippen LogP contribution < -0.4 is 5.32 Å².